The maximum atomic E-state index is 11.6. The van der Waals surface area contributed by atoms with Crippen LogP contribution >= 0.6 is 0 Å². The molecular formula is C26H48O8. The number of hydrogen-bond donors (Lipinski definition) is 4. The number of rotatable bonds is 16. The Morgan fingerprint density at radius 1 is 0.588 bits per heavy atom. The van der Waals surface area contributed by atoms with Gasteiger partial charge in [0, 0.05) is 12.8 Å². The van der Waals surface area contributed by atoms with Gasteiger partial charge < -0.3 is 20.4 Å². The van der Waals surface area contributed by atoms with Crippen molar-refractivity contribution in [2.24, 2.45) is 34.5 Å². The molecule has 0 aliphatic carbocycles. The van der Waals surface area contributed by atoms with Crippen LogP contribution in [0.2, 0.25) is 0 Å². The molecule has 0 fully saturated rings. The normalized spacial score (nSPS) is 12.1. The molecule has 0 saturated carbocycles. The fourth-order valence-corrected chi connectivity index (χ4v) is 5.09. The first-order valence-electron chi connectivity index (χ1n) is 12.3. The Morgan fingerprint density at radius 3 is 1.18 bits per heavy atom. The van der Waals surface area contributed by atoms with E-state index in [1.807, 2.05) is 55.4 Å². The molecule has 4 N–H and O–H groups in total. The molecule has 0 unspecified atom stereocenters. The smallest absolute Gasteiger partial charge is 0.310 e. The molecule has 0 aromatic heterocycles. The summed E-state index contributed by atoms with van der Waals surface area (Å²) in [6.45, 7) is 15.6. The van der Waals surface area contributed by atoms with Crippen molar-refractivity contribution in [2.45, 2.75) is 107 Å². The van der Waals surface area contributed by atoms with Crippen molar-refractivity contribution < 1.29 is 39.6 Å². The zero-order chi connectivity index (χ0) is 27.3. The molecule has 0 saturated heterocycles. The van der Waals surface area contributed by atoms with Crippen LogP contribution in [-0.2, 0) is 19.2 Å². The Labute approximate surface area is 205 Å². The SMILES string of the molecule is CC(C)C(CCCC(=O)O)(C(=O)O)C(C)C.CC(C)CC(CCCC(=O)O)(CC(C)C)C(=O)O. The van der Waals surface area contributed by atoms with Crippen LogP contribution in [0, 0.1) is 34.5 Å². The lowest BCUT2D eigenvalue weighted by atomic mass is 9.66. The summed E-state index contributed by atoms with van der Waals surface area (Å²) in [6, 6.07) is 0. The average molecular weight is 489 g/mol. The third kappa shape index (κ3) is 11.8. The van der Waals surface area contributed by atoms with Crippen molar-refractivity contribution in [3.05, 3.63) is 0 Å². The van der Waals surface area contributed by atoms with Gasteiger partial charge in [0.25, 0.3) is 0 Å². The molecule has 0 amide bonds. The van der Waals surface area contributed by atoms with Gasteiger partial charge in [0.05, 0.1) is 10.8 Å². The van der Waals surface area contributed by atoms with Gasteiger partial charge >= 0.3 is 23.9 Å². The quantitative estimate of drug-likeness (QED) is 0.206. The predicted octanol–water partition coefficient (Wildman–Crippen LogP) is 6.03. The first kappa shape index (κ1) is 34.0. The summed E-state index contributed by atoms with van der Waals surface area (Å²) < 4.78 is 0. The van der Waals surface area contributed by atoms with Crippen LogP contribution in [0.25, 0.3) is 0 Å². The average Bonchev–Trinajstić information content (AvgIpc) is 2.62. The first-order chi connectivity index (χ1) is 15.4. The Kier molecular flexibility index (Phi) is 15.7. The van der Waals surface area contributed by atoms with Crippen molar-refractivity contribution in [2.75, 3.05) is 0 Å². The Bertz CT molecular complexity index is 631. The molecule has 0 heterocycles. The summed E-state index contributed by atoms with van der Waals surface area (Å²) in [5, 5.41) is 36.2. The van der Waals surface area contributed by atoms with Crippen LogP contribution in [0.3, 0.4) is 0 Å². The molecule has 34 heavy (non-hydrogen) atoms. The van der Waals surface area contributed by atoms with Crippen molar-refractivity contribution in [3.8, 4) is 0 Å². The number of aliphatic carboxylic acids is 4. The number of carbonyl (C=O) groups is 4. The van der Waals surface area contributed by atoms with Crippen LogP contribution < -0.4 is 0 Å². The minimum Gasteiger partial charge on any atom is -0.481 e. The van der Waals surface area contributed by atoms with Crippen LogP contribution in [0.1, 0.15) is 107 Å². The third-order valence-electron chi connectivity index (χ3n) is 6.54. The fraction of sp³-hybridized carbons (Fsp3) is 0.846. The highest BCUT2D eigenvalue weighted by Crippen LogP contribution is 2.41. The van der Waals surface area contributed by atoms with Gasteiger partial charge in [0.2, 0.25) is 0 Å². The highest BCUT2D eigenvalue weighted by atomic mass is 16.4. The standard InChI is InChI=1S/C14H26O4.C12H22O4/c1-10(2)8-14(13(17)18,9-11(3)4)7-5-6-12(15)16;1-8(2)12(9(3)4,11(15)16)7-5-6-10(13)14/h10-11H,5-9H2,1-4H3,(H,15,16)(H,17,18);8-9H,5-7H2,1-4H3,(H,13,14)(H,15,16). The molecule has 0 spiro atoms. The van der Waals surface area contributed by atoms with E-state index >= 15 is 0 Å². The van der Waals surface area contributed by atoms with Crippen molar-refractivity contribution in [1.29, 1.82) is 0 Å². The van der Waals surface area contributed by atoms with Gasteiger partial charge in [-0.05, 0) is 62.2 Å². The van der Waals surface area contributed by atoms with Crippen molar-refractivity contribution >= 4 is 23.9 Å². The lowest BCUT2D eigenvalue weighted by Gasteiger charge is -2.37. The van der Waals surface area contributed by atoms with Crippen LogP contribution in [0.4, 0.5) is 0 Å². The van der Waals surface area contributed by atoms with E-state index in [1.165, 1.54) is 0 Å². The highest BCUT2D eigenvalue weighted by Gasteiger charge is 2.44. The zero-order valence-electron chi connectivity index (χ0n) is 22.4. The minimum absolute atomic E-state index is 0.00112. The molecule has 0 aliphatic heterocycles. The Balaban J connectivity index is 0. The molecule has 0 aromatic rings. The molecule has 0 bridgehead atoms. The maximum absolute atomic E-state index is 11.6. The van der Waals surface area contributed by atoms with E-state index in [0.717, 1.165) is 0 Å². The van der Waals surface area contributed by atoms with Crippen LogP contribution in [0.15, 0.2) is 0 Å². The van der Waals surface area contributed by atoms with E-state index in [4.69, 9.17) is 10.2 Å². The highest BCUT2D eigenvalue weighted by molar-refractivity contribution is 5.75. The third-order valence-corrected chi connectivity index (χ3v) is 6.54. The van der Waals surface area contributed by atoms with Gasteiger partial charge in [-0.3, -0.25) is 19.2 Å². The monoisotopic (exact) mass is 488 g/mol. The van der Waals surface area contributed by atoms with Gasteiger partial charge in [-0.25, -0.2) is 0 Å². The lowest BCUT2D eigenvalue weighted by molar-refractivity contribution is -0.157. The fourth-order valence-electron chi connectivity index (χ4n) is 5.09. The maximum Gasteiger partial charge on any atom is 0.310 e. The largest absolute Gasteiger partial charge is 0.481 e. The summed E-state index contributed by atoms with van der Waals surface area (Å²) in [4.78, 5) is 44.1. The van der Waals surface area contributed by atoms with E-state index < -0.39 is 34.7 Å². The van der Waals surface area contributed by atoms with E-state index in [2.05, 4.69) is 0 Å². The minimum atomic E-state index is -0.869. The Hall–Kier alpha value is -2.12. The number of carboxylic acids is 4. The van der Waals surface area contributed by atoms with Crippen LogP contribution in [0.5, 0.6) is 0 Å². The van der Waals surface area contributed by atoms with Crippen molar-refractivity contribution in [1.82, 2.24) is 0 Å². The molecular weight excluding hydrogens is 440 g/mol. The van der Waals surface area contributed by atoms with E-state index in [0.29, 0.717) is 50.4 Å². The van der Waals surface area contributed by atoms with Gasteiger partial charge in [-0.2, -0.15) is 0 Å². The van der Waals surface area contributed by atoms with Gasteiger partial charge in [0.1, 0.15) is 0 Å². The van der Waals surface area contributed by atoms with Gasteiger partial charge in [-0.1, -0.05) is 55.4 Å². The predicted molar refractivity (Wildman–Crippen MR) is 132 cm³/mol. The second kappa shape index (κ2) is 15.7. The van der Waals surface area contributed by atoms with E-state index in [-0.39, 0.29) is 24.7 Å². The summed E-state index contributed by atoms with van der Waals surface area (Å²) in [5.41, 5.74) is -1.58. The second-order valence-electron chi connectivity index (χ2n) is 10.9. The molecule has 0 atom stereocenters. The molecule has 0 aliphatic rings. The summed E-state index contributed by atoms with van der Waals surface area (Å²) in [6.07, 6.45) is 3.02. The summed E-state index contributed by atoms with van der Waals surface area (Å²) in [5.74, 6) is -2.74. The molecule has 200 valence electrons. The summed E-state index contributed by atoms with van der Waals surface area (Å²) >= 11 is 0. The van der Waals surface area contributed by atoms with Gasteiger partial charge in [-0.15, -0.1) is 0 Å². The second-order valence-corrected chi connectivity index (χ2v) is 10.9. The van der Waals surface area contributed by atoms with Crippen molar-refractivity contribution in [3.63, 3.8) is 0 Å². The van der Waals surface area contributed by atoms with Crippen LogP contribution in [-0.4, -0.2) is 44.3 Å². The molecule has 0 aromatic carbocycles. The zero-order valence-corrected chi connectivity index (χ0v) is 22.4. The molecule has 0 radical (unpaired) electrons. The molecule has 8 nitrogen and oxygen atoms in total. The van der Waals surface area contributed by atoms with Gasteiger partial charge in [0.15, 0.2) is 0 Å². The topological polar surface area (TPSA) is 149 Å². The van der Waals surface area contributed by atoms with E-state index in [9.17, 15) is 29.4 Å². The number of carboxylic acid groups (broad SMARTS) is 4. The lowest BCUT2D eigenvalue weighted by Crippen LogP contribution is -2.41. The molecule has 0 rings (SSSR count). The number of hydrogen-bond acceptors (Lipinski definition) is 4. The summed E-state index contributed by atoms with van der Waals surface area (Å²) in [7, 11) is 0. The molecule has 8 heteroatoms. The van der Waals surface area contributed by atoms with E-state index in [1.54, 1.807) is 0 Å². The first-order valence-corrected chi connectivity index (χ1v) is 12.3. The Morgan fingerprint density at radius 2 is 0.941 bits per heavy atom.